The predicted molar refractivity (Wildman–Crippen MR) is 62.9 cm³/mol. The highest BCUT2D eigenvalue weighted by atomic mass is 16.5. The number of carbonyl (C=O) groups is 1. The molecule has 0 unspecified atom stereocenters. The average molecular weight is 215 g/mol. The molecule has 15 heavy (non-hydrogen) atoms. The zero-order chi connectivity index (χ0) is 11.9. The first-order valence-corrected chi connectivity index (χ1v) is 5.67. The molecule has 0 spiro atoms. The molecule has 0 radical (unpaired) electrons. The maximum Gasteiger partial charge on any atom is 0.222 e. The van der Waals surface area contributed by atoms with Crippen LogP contribution in [0.15, 0.2) is 0 Å². The second kappa shape index (κ2) is 6.83. The lowest BCUT2D eigenvalue weighted by molar-refractivity contribution is -0.128. The van der Waals surface area contributed by atoms with Crippen LogP contribution in [0.2, 0.25) is 0 Å². The molecule has 0 aromatic carbocycles. The van der Waals surface area contributed by atoms with Gasteiger partial charge >= 0.3 is 0 Å². The van der Waals surface area contributed by atoms with Crippen molar-refractivity contribution < 1.29 is 9.53 Å². The Labute approximate surface area is 93.8 Å². The van der Waals surface area contributed by atoms with Crippen LogP contribution < -0.4 is 0 Å². The molecule has 0 saturated carbocycles. The van der Waals surface area contributed by atoms with E-state index in [4.69, 9.17) is 4.74 Å². The summed E-state index contributed by atoms with van der Waals surface area (Å²) in [4.78, 5) is 12.9. The highest BCUT2D eigenvalue weighted by Gasteiger charge is 2.09. The van der Waals surface area contributed by atoms with Gasteiger partial charge in [-0.15, -0.1) is 0 Å². The molecule has 3 heteroatoms. The third-order valence-corrected chi connectivity index (χ3v) is 2.07. The molecule has 0 aromatic heterocycles. The van der Waals surface area contributed by atoms with Gasteiger partial charge in [0.15, 0.2) is 0 Å². The van der Waals surface area contributed by atoms with Gasteiger partial charge in [0.2, 0.25) is 5.91 Å². The smallest absolute Gasteiger partial charge is 0.222 e. The number of carbonyl (C=O) groups excluding carboxylic acids is 1. The van der Waals surface area contributed by atoms with Gasteiger partial charge in [-0.2, -0.15) is 0 Å². The van der Waals surface area contributed by atoms with Crippen molar-refractivity contribution in [2.45, 2.75) is 52.1 Å². The summed E-state index contributed by atoms with van der Waals surface area (Å²) in [5.74, 6) is 0.215. The van der Waals surface area contributed by atoms with Crippen LogP contribution in [0.4, 0.5) is 0 Å². The van der Waals surface area contributed by atoms with Gasteiger partial charge in [-0.3, -0.25) is 4.79 Å². The van der Waals surface area contributed by atoms with E-state index in [-0.39, 0.29) is 11.5 Å². The first-order chi connectivity index (χ1) is 6.83. The van der Waals surface area contributed by atoms with Gasteiger partial charge in [0, 0.05) is 27.1 Å². The summed E-state index contributed by atoms with van der Waals surface area (Å²) < 4.78 is 5.59. The zero-order valence-corrected chi connectivity index (χ0v) is 10.8. The summed E-state index contributed by atoms with van der Waals surface area (Å²) >= 11 is 0. The van der Waals surface area contributed by atoms with Crippen molar-refractivity contribution in [1.82, 2.24) is 4.90 Å². The fraction of sp³-hybridized carbons (Fsp3) is 0.917. The summed E-state index contributed by atoms with van der Waals surface area (Å²) in [6, 6.07) is 0. The molecule has 0 atom stereocenters. The van der Waals surface area contributed by atoms with Gasteiger partial charge < -0.3 is 9.64 Å². The van der Waals surface area contributed by atoms with E-state index in [1.807, 2.05) is 0 Å². The first kappa shape index (κ1) is 14.4. The first-order valence-electron chi connectivity index (χ1n) is 5.67. The van der Waals surface area contributed by atoms with E-state index in [0.29, 0.717) is 6.42 Å². The molecule has 0 fully saturated rings. The standard InChI is InChI=1S/C12H25NO2/c1-12(2,3)15-10-8-6-7-9-11(14)13(4)5/h6-10H2,1-5H3. The Morgan fingerprint density at radius 1 is 1.13 bits per heavy atom. The summed E-state index contributed by atoms with van der Waals surface area (Å²) in [6.45, 7) is 6.97. The molecule has 0 aliphatic heterocycles. The van der Waals surface area contributed by atoms with E-state index in [9.17, 15) is 4.79 Å². The third-order valence-electron chi connectivity index (χ3n) is 2.07. The number of ether oxygens (including phenoxy) is 1. The third kappa shape index (κ3) is 9.73. The van der Waals surface area contributed by atoms with Crippen LogP contribution >= 0.6 is 0 Å². The Kier molecular flexibility index (Phi) is 6.57. The molecule has 0 heterocycles. The van der Waals surface area contributed by atoms with Gasteiger partial charge in [-0.25, -0.2) is 0 Å². The molecule has 0 N–H and O–H groups in total. The van der Waals surface area contributed by atoms with Crippen molar-refractivity contribution in [1.29, 1.82) is 0 Å². The largest absolute Gasteiger partial charge is 0.376 e. The van der Waals surface area contributed by atoms with E-state index >= 15 is 0 Å². The molecule has 0 bridgehead atoms. The molecule has 1 amide bonds. The SMILES string of the molecule is CN(C)C(=O)CCCCCOC(C)(C)C. The Morgan fingerprint density at radius 3 is 2.20 bits per heavy atom. The average Bonchev–Trinajstić information content (AvgIpc) is 2.08. The second-order valence-electron chi connectivity index (χ2n) is 5.06. The number of hydrogen-bond acceptors (Lipinski definition) is 2. The normalized spacial score (nSPS) is 11.5. The quantitative estimate of drug-likeness (QED) is 0.637. The van der Waals surface area contributed by atoms with Crippen LogP contribution in [0.1, 0.15) is 46.5 Å². The molecule has 3 nitrogen and oxygen atoms in total. The van der Waals surface area contributed by atoms with Crippen LogP contribution in [0.3, 0.4) is 0 Å². The number of unbranched alkanes of at least 4 members (excludes halogenated alkanes) is 2. The van der Waals surface area contributed by atoms with Crippen LogP contribution in [0.5, 0.6) is 0 Å². The molecule has 0 aliphatic rings. The Hall–Kier alpha value is -0.570. The van der Waals surface area contributed by atoms with Crippen molar-refractivity contribution >= 4 is 5.91 Å². The Morgan fingerprint density at radius 2 is 1.73 bits per heavy atom. The molecule has 0 aromatic rings. The number of nitrogens with zero attached hydrogens (tertiary/aromatic N) is 1. The zero-order valence-electron chi connectivity index (χ0n) is 10.8. The minimum absolute atomic E-state index is 0.0422. The van der Waals surface area contributed by atoms with E-state index in [0.717, 1.165) is 25.9 Å². The maximum absolute atomic E-state index is 11.2. The van der Waals surface area contributed by atoms with Gasteiger partial charge in [0.25, 0.3) is 0 Å². The fourth-order valence-corrected chi connectivity index (χ4v) is 1.16. The monoisotopic (exact) mass is 215 g/mol. The maximum atomic E-state index is 11.2. The number of rotatable bonds is 6. The van der Waals surface area contributed by atoms with Crippen molar-refractivity contribution in [2.75, 3.05) is 20.7 Å². The lowest BCUT2D eigenvalue weighted by atomic mass is 10.1. The minimum atomic E-state index is -0.0422. The van der Waals surface area contributed by atoms with Crippen molar-refractivity contribution in [3.05, 3.63) is 0 Å². The molecule has 90 valence electrons. The molecule has 0 rings (SSSR count). The van der Waals surface area contributed by atoms with Crippen LogP contribution in [0, 0.1) is 0 Å². The fourth-order valence-electron chi connectivity index (χ4n) is 1.16. The van der Waals surface area contributed by atoms with Gasteiger partial charge in [-0.05, 0) is 33.6 Å². The van der Waals surface area contributed by atoms with E-state index < -0.39 is 0 Å². The second-order valence-corrected chi connectivity index (χ2v) is 5.06. The van der Waals surface area contributed by atoms with Crippen molar-refractivity contribution in [3.8, 4) is 0 Å². The topological polar surface area (TPSA) is 29.5 Å². The number of amides is 1. The predicted octanol–water partition coefficient (Wildman–Crippen LogP) is 2.45. The van der Waals surface area contributed by atoms with Crippen LogP contribution in [-0.2, 0) is 9.53 Å². The highest BCUT2D eigenvalue weighted by molar-refractivity contribution is 5.75. The van der Waals surface area contributed by atoms with Crippen LogP contribution in [0.25, 0.3) is 0 Å². The lowest BCUT2D eigenvalue weighted by Gasteiger charge is -2.19. The molecule has 0 aliphatic carbocycles. The molecular weight excluding hydrogens is 190 g/mol. The van der Waals surface area contributed by atoms with E-state index in [2.05, 4.69) is 20.8 Å². The van der Waals surface area contributed by atoms with Crippen molar-refractivity contribution in [3.63, 3.8) is 0 Å². The summed E-state index contributed by atoms with van der Waals surface area (Å²) in [7, 11) is 3.59. The molecule has 0 saturated heterocycles. The summed E-state index contributed by atoms with van der Waals surface area (Å²) in [5, 5.41) is 0. The Balaban J connectivity index is 3.30. The van der Waals surface area contributed by atoms with Crippen molar-refractivity contribution in [2.24, 2.45) is 0 Å². The number of hydrogen-bond donors (Lipinski definition) is 0. The lowest BCUT2D eigenvalue weighted by Crippen LogP contribution is -2.21. The van der Waals surface area contributed by atoms with E-state index in [1.165, 1.54) is 0 Å². The van der Waals surface area contributed by atoms with Crippen LogP contribution in [-0.4, -0.2) is 37.1 Å². The minimum Gasteiger partial charge on any atom is -0.376 e. The Bertz CT molecular complexity index is 183. The van der Waals surface area contributed by atoms with Gasteiger partial charge in [-0.1, -0.05) is 6.42 Å². The summed E-state index contributed by atoms with van der Waals surface area (Å²) in [5.41, 5.74) is -0.0422. The van der Waals surface area contributed by atoms with Gasteiger partial charge in [0.05, 0.1) is 5.60 Å². The summed E-state index contributed by atoms with van der Waals surface area (Å²) in [6.07, 6.45) is 3.72. The highest BCUT2D eigenvalue weighted by Crippen LogP contribution is 2.09. The molecular formula is C12H25NO2. The van der Waals surface area contributed by atoms with Gasteiger partial charge in [0.1, 0.15) is 0 Å². The van der Waals surface area contributed by atoms with E-state index in [1.54, 1.807) is 19.0 Å².